The lowest BCUT2D eigenvalue weighted by atomic mass is 9.87. The van der Waals surface area contributed by atoms with Crippen molar-refractivity contribution in [1.29, 1.82) is 0 Å². The first-order chi connectivity index (χ1) is 14.4. The quantitative estimate of drug-likeness (QED) is 0.355. The molecule has 4 unspecified atom stereocenters. The van der Waals surface area contributed by atoms with Crippen molar-refractivity contribution in [3.05, 3.63) is 71.0 Å². The summed E-state index contributed by atoms with van der Waals surface area (Å²) >= 11 is 0. The molecule has 1 fully saturated rings. The Morgan fingerprint density at radius 3 is 1.62 bits per heavy atom. The zero-order valence-corrected chi connectivity index (χ0v) is 16.8. The standard InChI is InChI=1S/C27H26N2/c1-3-9-22-18(7-1)20-14-16-13-17-15-21-19-8-2-4-10-23(19)29-12-6-5-11-28(22)26(20)24(16)25(17)27(21)29/h1-4,7-10,16-17,24-25H,5-6,11-15H2. The van der Waals surface area contributed by atoms with E-state index in [1.54, 1.807) is 33.3 Å². The highest BCUT2D eigenvalue weighted by Gasteiger charge is 2.55. The third-order valence-corrected chi connectivity index (χ3v) is 8.83. The van der Waals surface area contributed by atoms with Crippen LogP contribution in [0.4, 0.5) is 0 Å². The highest BCUT2D eigenvalue weighted by atomic mass is 15.0. The van der Waals surface area contributed by atoms with Crippen molar-refractivity contribution in [3.63, 3.8) is 0 Å². The maximum absolute atomic E-state index is 2.76. The van der Waals surface area contributed by atoms with E-state index in [2.05, 4.69) is 57.7 Å². The first kappa shape index (κ1) is 15.4. The van der Waals surface area contributed by atoms with Crippen LogP contribution in [-0.2, 0) is 25.9 Å². The molecule has 8 rings (SSSR count). The number of aromatic nitrogens is 2. The summed E-state index contributed by atoms with van der Waals surface area (Å²) < 4.78 is 5.52. The van der Waals surface area contributed by atoms with Crippen LogP contribution < -0.4 is 0 Å². The van der Waals surface area contributed by atoms with Crippen LogP contribution in [0.25, 0.3) is 21.8 Å². The topological polar surface area (TPSA) is 9.86 Å². The Kier molecular flexibility index (Phi) is 2.74. The summed E-state index contributed by atoms with van der Waals surface area (Å²) in [6.45, 7) is 2.38. The van der Waals surface area contributed by atoms with Crippen LogP contribution in [0, 0.1) is 11.8 Å². The van der Waals surface area contributed by atoms with Gasteiger partial charge in [-0.1, -0.05) is 36.4 Å². The van der Waals surface area contributed by atoms with E-state index in [0.717, 1.165) is 23.7 Å². The number of hydrogen-bond acceptors (Lipinski definition) is 0. The molecule has 4 aromatic rings. The number of rotatable bonds is 0. The molecule has 0 bridgehead atoms. The Bertz CT molecular complexity index is 1220. The molecule has 2 aromatic heterocycles. The Morgan fingerprint density at radius 2 is 1.10 bits per heavy atom. The highest BCUT2D eigenvalue weighted by Crippen LogP contribution is 2.64. The predicted octanol–water partition coefficient (Wildman–Crippen LogP) is 6.01. The number of hydrogen-bond donors (Lipinski definition) is 0. The van der Waals surface area contributed by atoms with Crippen LogP contribution in [0.2, 0.25) is 0 Å². The van der Waals surface area contributed by atoms with Gasteiger partial charge in [-0.05, 0) is 67.2 Å². The van der Waals surface area contributed by atoms with E-state index < -0.39 is 0 Å². The van der Waals surface area contributed by atoms with Crippen molar-refractivity contribution >= 4 is 21.8 Å². The molecular weight excluding hydrogens is 352 g/mol. The molecule has 1 aliphatic heterocycles. The van der Waals surface area contributed by atoms with Crippen molar-refractivity contribution in [2.45, 2.75) is 57.0 Å². The van der Waals surface area contributed by atoms with Crippen molar-refractivity contribution in [1.82, 2.24) is 9.13 Å². The fourth-order valence-corrected chi connectivity index (χ4v) is 8.00. The molecule has 2 aromatic carbocycles. The molecule has 0 N–H and O–H groups in total. The molecule has 0 radical (unpaired) electrons. The van der Waals surface area contributed by atoms with E-state index >= 15 is 0 Å². The van der Waals surface area contributed by atoms with E-state index in [-0.39, 0.29) is 0 Å². The molecule has 144 valence electrons. The molecule has 3 aliphatic carbocycles. The smallest absolute Gasteiger partial charge is 0.0485 e. The molecule has 2 nitrogen and oxygen atoms in total. The lowest BCUT2D eigenvalue weighted by Gasteiger charge is -2.26. The van der Waals surface area contributed by atoms with Gasteiger partial charge < -0.3 is 9.13 Å². The molecule has 1 saturated carbocycles. The highest BCUT2D eigenvalue weighted by molar-refractivity contribution is 5.88. The first-order valence-electron chi connectivity index (χ1n) is 11.6. The number of benzene rings is 2. The van der Waals surface area contributed by atoms with Crippen LogP contribution in [0.15, 0.2) is 48.5 Å². The minimum atomic E-state index is 0.741. The second kappa shape index (κ2) is 5.16. The predicted molar refractivity (Wildman–Crippen MR) is 118 cm³/mol. The lowest BCUT2D eigenvalue weighted by molar-refractivity contribution is 0.439. The summed E-state index contributed by atoms with van der Waals surface area (Å²) in [5.41, 5.74) is 9.86. The number of fused-ring (bicyclic) bond motifs is 6. The van der Waals surface area contributed by atoms with Gasteiger partial charge >= 0.3 is 0 Å². The second-order valence-electron chi connectivity index (χ2n) is 9.99. The molecular formula is C27H26N2. The Morgan fingerprint density at radius 1 is 0.621 bits per heavy atom. The van der Waals surface area contributed by atoms with Crippen molar-refractivity contribution < 1.29 is 0 Å². The van der Waals surface area contributed by atoms with Crippen molar-refractivity contribution in [3.8, 4) is 0 Å². The van der Waals surface area contributed by atoms with Gasteiger partial charge in [-0.3, -0.25) is 0 Å². The lowest BCUT2D eigenvalue weighted by Crippen LogP contribution is -2.18. The maximum Gasteiger partial charge on any atom is 0.0485 e. The summed E-state index contributed by atoms with van der Waals surface area (Å²) in [5.74, 6) is 3.21. The number of nitrogens with zero attached hydrogens (tertiary/aromatic N) is 2. The third kappa shape index (κ3) is 1.72. The average Bonchev–Trinajstić information content (AvgIpc) is 3.49. The fourth-order valence-electron chi connectivity index (χ4n) is 8.00. The van der Waals surface area contributed by atoms with E-state index in [1.807, 2.05) is 0 Å². The van der Waals surface area contributed by atoms with E-state index in [1.165, 1.54) is 56.2 Å². The van der Waals surface area contributed by atoms with Gasteiger partial charge in [0.2, 0.25) is 0 Å². The molecule has 0 saturated heterocycles. The average molecular weight is 379 g/mol. The molecule has 29 heavy (non-hydrogen) atoms. The zero-order valence-electron chi connectivity index (χ0n) is 16.8. The van der Waals surface area contributed by atoms with E-state index in [9.17, 15) is 0 Å². The summed E-state index contributed by atoms with van der Waals surface area (Å²) in [7, 11) is 0. The minimum absolute atomic E-state index is 0.741. The molecule has 0 amide bonds. The van der Waals surface area contributed by atoms with Crippen molar-refractivity contribution in [2.24, 2.45) is 11.8 Å². The van der Waals surface area contributed by atoms with Gasteiger partial charge in [0, 0.05) is 58.1 Å². The van der Waals surface area contributed by atoms with Crippen molar-refractivity contribution in [2.75, 3.05) is 0 Å². The Labute approximate surface area is 171 Å². The first-order valence-corrected chi connectivity index (χ1v) is 11.6. The third-order valence-electron chi connectivity index (χ3n) is 8.83. The van der Waals surface area contributed by atoms with Gasteiger partial charge in [-0.2, -0.15) is 0 Å². The maximum atomic E-state index is 2.76. The normalized spacial score (nSPS) is 29.1. The second-order valence-corrected chi connectivity index (χ2v) is 9.99. The van der Waals surface area contributed by atoms with Gasteiger partial charge in [-0.15, -0.1) is 0 Å². The summed E-state index contributed by atoms with van der Waals surface area (Å²) in [5, 5.41) is 3.10. The van der Waals surface area contributed by atoms with Crippen LogP contribution in [-0.4, -0.2) is 9.13 Å². The van der Waals surface area contributed by atoms with Gasteiger partial charge in [0.15, 0.2) is 0 Å². The van der Waals surface area contributed by atoms with Gasteiger partial charge in [0.25, 0.3) is 0 Å². The largest absolute Gasteiger partial charge is 0.344 e. The Hall–Kier alpha value is -2.48. The molecule has 2 heteroatoms. The van der Waals surface area contributed by atoms with E-state index in [0.29, 0.717) is 0 Å². The van der Waals surface area contributed by atoms with Gasteiger partial charge in [0.05, 0.1) is 0 Å². The minimum Gasteiger partial charge on any atom is -0.344 e. The zero-order chi connectivity index (χ0) is 18.7. The van der Waals surface area contributed by atoms with E-state index in [4.69, 9.17) is 0 Å². The molecule has 4 atom stereocenters. The molecule has 0 spiro atoms. The summed E-state index contributed by atoms with van der Waals surface area (Å²) in [4.78, 5) is 0. The summed E-state index contributed by atoms with van der Waals surface area (Å²) in [6.07, 6.45) is 6.61. The fraction of sp³-hybridized carbons (Fsp3) is 0.407. The Balaban J connectivity index is 1.45. The summed E-state index contributed by atoms with van der Waals surface area (Å²) in [6, 6.07) is 18.5. The SMILES string of the molecule is c1ccc2c(c1)c1c3n2CCCCn2c4c(c5ccccc52)CC2CC(C1)C3C42. The number of para-hydroxylation sites is 2. The monoisotopic (exact) mass is 378 g/mol. The number of aryl methyl sites for hydroxylation is 2. The molecule has 3 heterocycles. The van der Waals surface area contributed by atoms with Crippen LogP contribution in [0.5, 0.6) is 0 Å². The van der Waals surface area contributed by atoms with Gasteiger partial charge in [0.1, 0.15) is 0 Å². The van der Waals surface area contributed by atoms with Gasteiger partial charge in [-0.25, -0.2) is 0 Å². The van der Waals surface area contributed by atoms with Crippen LogP contribution in [0.1, 0.15) is 53.6 Å². The van der Waals surface area contributed by atoms with Crippen LogP contribution >= 0.6 is 0 Å². The molecule has 4 aliphatic rings. The van der Waals surface area contributed by atoms with Crippen LogP contribution in [0.3, 0.4) is 0 Å².